The summed E-state index contributed by atoms with van der Waals surface area (Å²) in [5.41, 5.74) is 0.563. The van der Waals surface area contributed by atoms with Gasteiger partial charge in [-0.05, 0) is 18.1 Å². The maximum atomic E-state index is 13.7. The molecule has 20 heavy (non-hydrogen) atoms. The van der Waals surface area contributed by atoms with Gasteiger partial charge in [0.25, 0.3) is 0 Å². The number of para-hydroxylation sites is 1. The van der Waals surface area contributed by atoms with Gasteiger partial charge >= 0.3 is 0 Å². The summed E-state index contributed by atoms with van der Waals surface area (Å²) in [5, 5.41) is 5.68. The van der Waals surface area contributed by atoms with E-state index < -0.39 is 11.6 Å². The second-order valence-corrected chi connectivity index (χ2v) is 4.61. The third-order valence-corrected chi connectivity index (χ3v) is 2.90. The summed E-state index contributed by atoms with van der Waals surface area (Å²) in [6.45, 7) is 3.92. The van der Waals surface area contributed by atoms with E-state index in [-0.39, 0.29) is 11.6 Å². The zero-order valence-electron chi connectivity index (χ0n) is 11.5. The molecule has 0 saturated heterocycles. The average Bonchev–Trinajstić information content (AvgIpc) is 2.42. The number of benzene rings is 1. The fourth-order valence-electron chi connectivity index (χ4n) is 1.98. The number of anilines is 3. The molecule has 6 heteroatoms. The Morgan fingerprint density at radius 1 is 1.05 bits per heavy atom. The Labute approximate surface area is 116 Å². The highest BCUT2D eigenvalue weighted by Gasteiger charge is 2.17. The molecule has 0 bridgehead atoms. The van der Waals surface area contributed by atoms with Gasteiger partial charge in [0, 0.05) is 12.6 Å². The molecule has 2 N–H and O–H groups in total. The van der Waals surface area contributed by atoms with E-state index in [4.69, 9.17) is 0 Å². The number of nitrogens with zero attached hydrogens (tertiary/aromatic N) is 2. The minimum Gasteiger partial charge on any atom is -0.373 e. The summed E-state index contributed by atoms with van der Waals surface area (Å²) in [4.78, 5) is 8.21. The van der Waals surface area contributed by atoms with E-state index in [1.165, 1.54) is 24.5 Å². The summed E-state index contributed by atoms with van der Waals surface area (Å²) in [7, 11) is 1.74. The van der Waals surface area contributed by atoms with E-state index in [0.29, 0.717) is 11.6 Å². The lowest BCUT2D eigenvalue weighted by atomic mass is 10.0. The Bertz CT molecular complexity index is 594. The van der Waals surface area contributed by atoms with Gasteiger partial charge in [0.1, 0.15) is 35.3 Å². The fraction of sp³-hybridized carbons (Fsp3) is 0.286. The van der Waals surface area contributed by atoms with Crippen LogP contribution in [-0.2, 0) is 0 Å². The van der Waals surface area contributed by atoms with Gasteiger partial charge in [-0.25, -0.2) is 18.7 Å². The first-order valence-electron chi connectivity index (χ1n) is 6.28. The van der Waals surface area contributed by atoms with E-state index in [9.17, 15) is 8.78 Å². The third-order valence-electron chi connectivity index (χ3n) is 2.90. The van der Waals surface area contributed by atoms with Crippen LogP contribution in [-0.4, -0.2) is 17.0 Å². The Kier molecular flexibility index (Phi) is 4.12. The van der Waals surface area contributed by atoms with Gasteiger partial charge < -0.3 is 10.6 Å². The first kappa shape index (κ1) is 14.2. The predicted octanol–water partition coefficient (Wildman–Crippen LogP) is 3.66. The highest BCUT2D eigenvalue weighted by atomic mass is 19.1. The van der Waals surface area contributed by atoms with E-state index in [0.717, 1.165) is 5.56 Å². The van der Waals surface area contributed by atoms with Gasteiger partial charge in [-0.15, -0.1) is 0 Å². The van der Waals surface area contributed by atoms with Crippen molar-refractivity contribution in [2.45, 2.75) is 19.8 Å². The number of halogens is 2. The molecule has 0 saturated carbocycles. The maximum Gasteiger partial charge on any atom is 0.149 e. The normalized spacial score (nSPS) is 10.7. The lowest BCUT2D eigenvalue weighted by Gasteiger charge is -2.17. The molecule has 0 spiro atoms. The van der Waals surface area contributed by atoms with Crippen molar-refractivity contribution in [1.82, 2.24) is 9.97 Å². The number of nitrogens with one attached hydrogen (secondary N) is 2. The van der Waals surface area contributed by atoms with Crippen LogP contribution < -0.4 is 10.6 Å². The van der Waals surface area contributed by atoms with Crippen molar-refractivity contribution < 1.29 is 8.78 Å². The summed E-state index contributed by atoms with van der Waals surface area (Å²) < 4.78 is 27.4. The summed E-state index contributed by atoms with van der Waals surface area (Å²) in [6.07, 6.45) is 1.35. The molecule has 1 aromatic heterocycles. The largest absolute Gasteiger partial charge is 0.373 e. The molecule has 2 aromatic rings. The Hall–Kier alpha value is -2.24. The molecule has 0 amide bonds. The third kappa shape index (κ3) is 2.68. The molecule has 0 aliphatic carbocycles. The van der Waals surface area contributed by atoms with Crippen molar-refractivity contribution in [1.29, 1.82) is 0 Å². The molecule has 1 aromatic carbocycles. The van der Waals surface area contributed by atoms with Gasteiger partial charge in [0.2, 0.25) is 0 Å². The molecular weight excluding hydrogens is 262 g/mol. The second kappa shape index (κ2) is 5.81. The molecule has 0 atom stereocenters. The fourth-order valence-corrected chi connectivity index (χ4v) is 1.98. The maximum absolute atomic E-state index is 13.7. The van der Waals surface area contributed by atoms with Crippen LogP contribution in [0.15, 0.2) is 24.5 Å². The van der Waals surface area contributed by atoms with Gasteiger partial charge in [0.05, 0.1) is 0 Å². The summed E-state index contributed by atoms with van der Waals surface area (Å²) in [5.74, 6) is -0.206. The highest BCUT2D eigenvalue weighted by Crippen LogP contribution is 2.31. The Morgan fingerprint density at radius 3 is 2.20 bits per heavy atom. The topological polar surface area (TPSA) is 49.8 Å². The van der Waals surface area contributed by atoms with Crippen molar-refractivity contribution in [3.05, 3.63) is 41.7 Å². The Balaban J connectivity index is 2.49. The number of aromatic nitrogens is 2. The predicted molar refractivity (Wildman–Crippen MR) is 75.3 cm³/mol. The molecule has 1 heterocycles. The SMILES string of the molecule is CNc1ncnc(Nc2c(F)cccc2F)c1C(C)C. The van der Waals surface area contributed by atoms with Crippen LogP contribution in [0.5, 0.6) is 0 Å². The minimum atomic E-state index is -0.663. The molecule has 106 valence electrons. The molecule has 0 aliphatic heterocycles. The van der Waals surface area contributed by atoms with Crippen molar-refractivity contribution in [2.75, 3.05) is 17.7 Å². The van der Waals surface area contributed by atoms with Crippen LogP contribution in [0.2, 0.25) is 0 Å². The monoisotopic (exact) mass is 278 g/mol. The standard InChI is InChI=1S/C14H16F2N4/c1-8(2)11-13(17-3)18-7-19-14(11)20-12-9(15)5-4-6-10(12)16/h4-8H,1-3H3,(H2,17,18,19,20). The minimum absolute atomic E-state index is 0.0935. The highest BCUT2D eigenvalue weighted by molar-refractivity contribution is 5.66. The van der Waals surface area contributed by atoms with E-state index >= 15 is 0 Å². The van der Waals surface area contributed by atoms with E-state index in [2.05, 4.69) is 20.6 Å². The van der Waals surface area contributed by atoms with Crippen molar-refractivity contribution >= 4 is 17.3 Å². The second-order valence-electron chi connectivity index (χ2n) is 4.61. The number of rotatable bonds is 4. The van der Waals surface area contributed by atoms with E-state index in [1.807, 2.05) is 13.8 Å². The van der Waals surface area contributed by atoms with Crippen molar-refractivity contribution in [3.63, 3.8) is 0 Å². The molecular formula is C14H16F2N4. The zero-order valence-corrected chi connectivity index (χ0v) is 11.5. The van der Waals surface area contributed by atoms with Gasteiger partial charge in [0.15, 0.2) is 0 Å². The molecule has 2 rings (SSSR count). The molecule has 4 nitrogen and oxygen atoms in total. The molecule has 0 aliphatic rings. The van der Waals surface area contributed by atoms with Crippen LogP contribution in [0.1, 0.15) is 25.3 Å². The van der Waals surface area contributed by atoms with Gasteiger partial charge in [-0.2, -0.15) is 0 Å². The summed E-state index contributed by atoms with van der Waals surface area (Å²) in [6, 6.07) is 3.71. The first-order chi connectivity index (χ1) is 9.54. The summed E-state index contributed by atoms with van der Waals surface area (Å²) >= 11 is 0. The average molecular weight is 278 g/mol. The van der Waals surface area contributed by atoms with Crippen LogP contribution in [0.4, 0.5) is 26.1 Å². The van der Waals surface area contributed by atoms with E-state index in [1.54, 1.807) is 7.05 Å². The molecule has 0 fully saturated rings. The molecule has 0 unspecified atom stereocenters. The first-order valence-corrected chi connectivity index (χ1v) is 6.28. The smallest absolute Gasteiger partial charge is 0.149 e. The number of hydrogen-bond donors (Lipinski definition) is 2. The van der Waals surface area contributed by atoms with Crippen LogP contribution in [0, 0.1) is 11.6 Å². The molecule has 0 radical (unpaired) electrons. The van der Waals surface area contributed by atoms with Crippen LogP contribution in [0.3, 0.4) is 0 Å². The zero-order chi connectivity index (χ0) is 14.7. The number of hydrogen-bond acceptors (Lipinski definition) is 4. The van der Waals surface area contributed by atoms with Crippen molar-refractivity contribution in [2.24, 2.45) is 0 Å². The van der Waals surface area contributed by atoms with Crippen LogP contribution in [0.25, 0.3) is 0 Å². The van der Waals surface area contributed by atoms with Gasteiger partial charge in [-0.3, -0.25) is 0 Å². The lowest BCUT2D eigenvalue weighted by Crippen LogP contribution is -2.08. The lowest BCUT2D eigenvalue weighted by molar-refractivity contribution is 0.590. The van der Waals surface area contributed by atoms with Crippen LogP contribution >= 0.6 is 0 Å². The van der Waals surface area contributed by atoms with Crippen molar-refractivity contribution in [3.8, 4) is 0 Å². The quantitative estimate of drug-likeness (QED) is 0.896. The van der Waals surface area contributed by atoms with Gasteiger partial charge in [-0.1, -0.05) is 19.9 Å². The Morgan fingerprint density at radius 2 is 1.65 bits per heavy atom.